The number of carbonyl (C=O) groups excluding carboxylic acids is 1. The minimum atomic E-state index is -1.10. The van der Waals surface area contributed by atoms with E-state index in [2.05, 4.69) is 27.7 Å². The van der Waals surface area contributed by atoms with Crippen molar-refractivity contribution < 1.29 is 19.4 Å². The van der Waals surface area contributed by atoms with Gasteiger partial charge in [0.25, 0.3) is 0 Å². The average Bonchev–Trinajstić information content (AvgIpc) is 2.76. The van der Waals surface area contributed by atoms with Gasteiger partial charge in [-0.25, -0.2) is 9.59 Å². The largest absolute Gasteiger partial charge is 0.478 e. The summed E-state index contributed by atoms with van der Waals surface area (Å²) in [7, 11) is 0. The molecule has 1 atom stereocenters. The van der Waals surface area contributed by atoms with Crippen LogP contribution in [-0.4, -0.2) is 23.1 Å². The second-order valence-corrected chi connectivity index (χ2v) is 10.4. The molecule has 4 heteroatoms. The molecule has 1 aromatic rings. The maximum Gasteiger partial charge on any atom is 0.339 e. The third-order valence-electron chi connectivity index (χ3n) is 6.19. The zero-order valence-electron chi connectivity index (χ0n) is 21.6. The summed E-state index contributed by atoms with van der Waals surface area (Å²) in [5, 5.41) is 9.33. The quantitative estimate of drug-likeness (QED) is 0.166. The van der Waals surface area contributed by atoms with Gasteiger partial charge < -0.3 is 9.84 Å². The van der Waals surface area contributed by atoms with Gasteiger partial charge in [0, 0.05) is 0 Å². The van der Waals surface area contributed by atoms with E-state index in [4.69, 9.17) is 4.74 Å². The Bertz CT molecular complexity index is 665. The average molecular weight is 461 g/mol. The van der Waals surface area contributed by atoms with E-state index in [0.717, 1.165) is 31.6 Å². The highest BCUT2D eigenvalue weighted by Crippen LogP contribution is 2.20. The third-order valence-corrected chi connectivity index (χ3v) is 6.19. The minimum Gasteiger partial charge on any atom is -0.478 e. The van der Waals surface area contributed by atoms with Crippen molar-refractivity contribution in [2.45, 2.75) is 124 Å². The Kier molecular flexibility index (Phi) is 15.6. The van der Waals surface area contributed by atoms with Crippen LogP contribution in [0.15, 0.2) is 24.3 Å². The first kappa shape index (κ1) is 29.2. The summed E-state index contributed by atoms with van der Waals surface area (Å²) >= 11 is 0. The van der Waals surface area contributed by atoms with E-state index in [1.54, 1.807) is 12.1 Å². The van der Waals surface area contributed by atoms with Gasteiger partial charge >= 0.3 is 11.9 Å². The molecule has 0 aliphatic carbocycles. The van der Waals surface area contributed by atoms with Crippen molar-refractivity contribution in [2.75, 3.05) is 0 Å². The van der Waals surface area contributed by atoms with Crippen molar-refractivity contribution >= 4 is 11.9 Å². The molecule has 1 aromatic carbocycles. The highest BCUT2D eigenvalue weighted by atomic mass is 16.5. The topological polar surface area (TPSA) is 63.6 Å². The molecule has 0 saturated carbocycles. The molecule has 0 heterocycles. The van der Waals surface area contributed by atoms with Crippen molar-refractivity contribution in [1.82, 2.24) is 0 Å². The molecule has 1 rings (SSSR count). The fourth-order valence-corrected chi connectivity index (χ4v) is 4.33. The number of hydrogen-bond acceptors (Lipinski definition) is 3. The second kappa shape index (κ2) is 17.6. The molecule has 0 amide bonds. The van der Waals surface area contributed by atoms with E-state index in [1.165, 1.54) is 76.3 Å². The Labute approximate surface area is 202 Å². The zero-order chi connectivity index (χ0) is 24.5. The summed E-state index contributed by atoms with van der Waals surface area (Å²) < 4.78 is 5.75. The zero-order valence-corrected chi connectivity index (χ0v) is 21.6. The summed E-state index contributed by atoms with van der Waals surface area (Å²) in [6.07, 6.45) is 17.2. The number of rotatable bonds is 19. The van der Waals surface area contributed by atoms with Crippen LogP contribution in [0.5, 0.6) is 0 Å². The Morgan fingerprint density at radius 3 is 1.61 bits per heavy atom. The normalized spacial score (nSPS) is 12.3. The lowest BCUT2D eigenvalue weighted by Gasteiger charge is -2.20. The van der Waals surface area contributed by atoms with Gasteiger partial charge in [-0.2, -0.15) is 0 Å². The molecule has 0 aliphatic rings. The number of unbranched alkanes of at least 4 members (excludes halogenated alkanes) is 10. The van der Waals surface area contributed by atoms with Crippen molar-refractivity contribution in [3.8, 4) is 0 Å². The lowest BCUT2D eigenvalue weighted by atomic mass is 9.99. The number of benzene rings is 1. The van der Waals surface area contributed by atoms with Crippen LogP contribution < -0.4 is 0 Å². The highest BCUT2D eigenvalue weighted by Gasteiger charge is 2.21. The van der Waals surface area contributed by atoms with Gasteiger partial charge in [-0.3, -0.25) is 0 Å². The molecule has 1 N–H and O–H groups in total. The Balaban J connectivity index is 2.22. The lowest BCUT2D eigenvalue weighted by molar-refractivity contribution is 0.0220. The van der Waals surface area contributed by atoms with Crippen LogP contribution in [0.25, 0.3) is 0 Å². The van der Waals surface area contributed by atoms with Crippen molar-refractivity contribution in [2.24, 2.45) is 11.8 Å². The molecule has 1 unspecified atom stereocenters. The Morgan fingerprint density at radius 2 is 1.15 bits per heavy atom. The summed E-state index contributed by atoms with van der Waals surface area (Å²) in [6.45, 7) is 8.85. The van der Waals surface area contributed by atoms with E-state index < -0.39 is 11.9 Å². The van der Waals surface area contributed by atoms with E-state index in [0.29, 0.717) is 5.92 Å². The molecule has 33 heavy (non-hydrogen) atoms. The first-order chi connectivity index (χ1) is 15.8. The number of aromatic carboxylic acids is 1. The highest BCUT2D eigenvalue weighted by molar-refractivity contribution is 6.02. The second-order valence-electron chi connectivity index (χ2n) is 10.4. The molecule has 0 aromatic heterocycles. The molecule has 0 spiro atoms. The number of carbonyl (C=O) groups is 2. The van der Waals surface area contributed by atoms with Gasteiger partial charge in [-0.05, 0) is 43.2 Å². The van der Waals surface area contributed by atoms with Crippen LogP contribution >= 0.6 is 0 Å². The van der Waals surface area contributed by atoms with Gasteiger partial charge in [0.15, 0.2) is 0 Å². The Hall–Kier alpha value is -1.84. The van der Waals surface area contributed by atoms with Crippen molar-refractivity contribution in [3.63, 3.8) is 0 Å². The maximum atomic E-state index is 12.6. The van der Waals surface area contributed by atoms with E-state index in [9.17, 15) is 14.7 Å². The molecule has 4 nitrogen and oxygen atoms in total. The molecule has 0 saturated heterocycles. The fourth-order valence-electron chi connectivity index (χ4n) is 4.33. The van der Waals surface area contributed by atoms with Crippen molar-refractivity contribution in [1.29, 1.82) is 0 Å². The van der Waals surface area contributed by atoms with Crippen LogP contribution in [-0.2, 0) is 4.74 Å². The SMILES string of the molecule is CC(C)CCCCCCCCCCCCCC(CC(C)C)OC(=O)c1ccccc1C(=O)O. The van der Waals surface area contributed by atoms with E-state index in [1.807, 2.05) is 0 Å². The van der Waals surface area contributed by atoms with Gasteiger partial charge in [0.1, 0.15) is 6.10 Å². The van der Waals surface area contributed by atoms with E-state index in [-0.39, 0.29) is 17.2 Å². The van der Waals surface area contributed by atoms with Gasteiger partial charge in [0.05, 0.1) is 11.1 Å². The maximum absolute atomic E-state index is 12.6. The fraction of sp³-hybridized carbons (Fsp3) is 0.724. The van der Waals surface area contributed by atoms with Gasteiger partial charge in [0.2, 0.25) is 0 Å². The van der Waals surface area contributed by atoms with E-state index >= 15 is 0 Å². The molecule has 0 aliphatic heterocycles. The first-order valence-electron chi connectivity index (χ1n) is 13.3. The van der Waals surface area contributed by atoms with Crippen LogP contribution in [0.1, 0.15) is 138 Å². The first-order valence-corrected chi connectivity index (χ1v) is 13.3. The third kappa shape index (κ3) is 14.1. The summed E-state index contributed by atoms with van der Waals surface area (Å²) in [4.78, 5) is 24.0. The predicted octanol–water partition coefficient (Wildman–Crippen LogP) is 8.68. The van der Waals surface area contributed by atoms with Gasteiger partial charge in [-0.1, -0.05) is 110 Å². The minimum absolute atomic E-state index is 0.00125. The van der Waals surface area contributed by atoms with Crippen molar-refractivity contribution in [3.05, 3.63) is 35.4 Å². The Morgan fingerprint density at radius 1 is 0.697 bits per heavy atom. The predicted molar refractivity (Wildman–Crippen MR) is 137 cm³/mol. The molecular weight excluding hydrogens is 412 g/mol. The number of carboxylic acid groups (broad SMARTS) is 1. The molecule has 0 radical (unpaired) electrons. The molecule has 0 fully saturated rings. The van der Waals surface area contributed by atoms with Crippen LogP contribution in [0.4, 0.5) is 0 Å². The lowest BCUT2D eigenvalue weighted by Crippen LogP contribution is -2.22. The summed E-state index contributed by atoms with van der Waals surface area (Å²) in [5.41, 5.74) is 0.139. The summed E-state index contributed by atoms with van der Waals surface area (Å²) in [5.74, 6) is -0.369. The van der Waals surface area contributed by atoms with Crippen LogP contribution in [0.3, 0.4) is 0 Å². The monoisotopic (exact) mass is 460 g/mol. The standard InChI is InChI=1S/C29H48O4/c1-23(2)18-14-12-10-8-6-5-7-9-11-13-15-19-25(22-24(3)4)33-29(32)27-21-17-16-20-26(27)28(30)31/h16-17,20-21,23-25H,5-15,18-19,22H2,1-4H3,(H,30,31). The smallest absolute Gasteiger partial charge is 0.339 e. The van der Waals surface area contributed by atoms with Gasteiger partial charge in [-0.15, -0.1) is 0 Å². The summed E-state index contributed by atoms with van der Waals surface area (Å²) in [6, 6.07) is 6.28. The molecular formula is C29H48O4. The number of hydrogen-bond donors (Lipinski definition) is 1. The number of ether oxygens (including phenoxy) is 1. The number of esters is 1. The van der Waals surface area contributed by atoms with Crippen LogP contribution in [0.2, 0.25) is 0 Å². The number of carboxylic acids is 1. The molecule has 0 bridgehead atoms. The van der Waals surface area contributed by atoms with Crippen LogP contribution in [0, 0.1) is 11.8 Å². The molecule has 188 valence electrons.